The summed E-state index contributed by atoms with van der Waals surface area (Å²) in [4.78, 5) is 1.44. The third-order valence-electron chi connectivity index (χ3n) is 3.93. The van der Waals surface area contributed by atoms with Crippen LogP contribution in [0.2, 0.25) is 0 Å². The summed E-state index contributed by atoms with van der Waals surface area (Å²) in [5, 5.41) is 10.1. The van der Waals surface area contributed by atoms with E-state index in [1.807, 2.05) is 0 Å². The van der Waals surface area contributed by atoms with Gasteiger partial charge in [-0.15, -0.1) is 0 Å². The maximum Gasteiger partial charge on any atom is 0.401 e. The van der Waals surface area contributed by atoms with Crippen molar-refractivity contribution in [2.24, 2.45) is 11.7 Å². The Balaban J connectivity index is 2.03. The monoisotopic (exact) mass is 238 g/mol. The van der Waals surface area contributed by atoms with Crippen molar-refractivity contribution in [3.8, 4) is 0 Å². The average molecular weight is 238 g/mol. The number of fused-ring (bicyclic) bond motifs is 2. The average Bonchev–Trinajstić information content (AvgIpc) is 2.51. The van der Waals surface area contributed by atoms with Crippen molar-refractivity contribution < 1.29 is 18.3 Å². The Morgan fingerprint density at radius 3 is 2.69 bits per heavy atom. The van der Waals surface area contributed by atoms with Crippen molar-refractivity contribution >= 4 is 0 Å². The molecule has 0 aromatic rings. The first-order valence-corrected chi connectivity index (χ1v) is 5.57. The van der Waals surface area contributed by atoms with Gasteiger partial charge in [-0.1, -0.05) is 0 Å². The van der Waals surface area contributed by atoms with Gasteiger partial charge in [0.15, 0.2) is 0 Å². The number of aliphatic hydroxyl groups is 1. The molecule has 2 fully saturated rings. The SMILES string of the molecule is NCC1(O)CCC2CC1CN2CC(F)(F)F. The van der Waals surface area contributed by atoms with E-state index in [9.17, 15) is 18.3 Å². The first kappa shape index (κ1) is 12.1. The van der Waals surface area contributed by atoms with Gasteiger partial charge in [0, 0.05) is 25.0 Å². The minimum atomic E-state index is -4.15. The highest BCUT2D eigenvalue weighted by Crippen LogP contribution is 2.42. The van der Waals surface area contributed by atoms with Gasteiger partial charge < -0.3 is 10.8 Å². The van der Waals surface area contributed by atoms with E-state index in [1.165, 1.54) is 4.90 Å². The second-order valence-corrected chi connectivity index (χ2v) is 4.98. The lowest BCUT2D eigenvalue weighted by molar-refractivity contribution is -0.147. The topological polar surface area (TPSA) is 49.5 Å². The number of likely N-dealkylation sites (tertiary alicyclic amines) is 1. The van der Waals surface area contributed by atoms with Gasteiger partial charge >= 0.3 is 6.18 Å². The van der Waals surface area contributed by atoms with Crippen LogP contribution in [0.5, 0.6) is 0 Å². The first-order valence-electron chi connectivity index (χ1n) is 5.57. The highest BCUT2D eigenvalue weighted by atomic mass is 19.4. The maximum atomic E-state index is 12.3. The molecule has 2 bridgehead atoms. The Hall–Kier alpha value is -0.330. The molecule has 16 heavy (non-hydrogen) atoms. The summed E-state index contributed by atoms with van der Waals surface area (Å²) < 4.78 is 36.9. The quantitative estimate of drug-likeness (QED) is 0.745. The van der Waals surface area contributed by atoms with Gasteiger partial charge in [0.25, 0.3) is 0 Å². The Labute approximate surface area is 92.4 Å². The number of halogens is 3. The lowest BCUT2D eigenvalue weighted by Gasteiger charge is -2.36. The summed E-state index contributed by atoms with van der Waals surface area (Å²) >= 11 is 0. The second-order valence-electron chi connectivity index (χ2n) is 4.98. The molecule has 2 rings (SSSR count). The number of alkyl halides is 3. The summed E-state index contributed by atoms with van der Waals surface area (Å²) in [6.07, 6.45) is -2.38. The third kappa shape index (κ3) is 2.19. The van der Waals surface area contributed by atoms with E-state index in [-0.39, 0.29) is 18.5 Å². The van der Waals surface area contributed by atoms with Crippen LogP contribution >= 0.6 is 0 Å². The Morgan fingerprint density at radius 1 is 1.44 bits per heavy atom. The van der Waals surface area contributed by atoms with Gasteiger partial charge in [-0.25, -0.2) is 0 Å². The molecule has 3 nitrogen and oxygen atoms in total. The second kappa shape index (κ2) is 3.85. The molecule has 0 radical (unpaired) electrons. The molecular weight excluding hydrogens is 221 g/mol. The van der Waals surface area contributed by atoms with Gasteiger partial charge in [0.1, 0.15) is 0 Å². The van der Waals surface area contributed by atoms with Crippen LogP contribution in [0.3, 0.4) is 0 Å². The molecular formula is C10H17F3N2O. The smallest absolute Gasteiger partial charge is 0.388 e. The zero-order valence-corrected chi connectivity index (χ0v) is 9.00. The molecule has 3 atom stereocenters. The number of hydrogen-bond acceptors (Lipinski definition) is 3. The fourth-order valence-corrected chi connectivity index (χ4v) is 2.99. The van der Waals surface area contributed by atoms with E-state index in [2.05, 4.69) is 0 Å². The van der Waals surface area contributed by atoms with E-state index >= 15 is 0 Å². The number of rotatable bonds is 2. The standard InChI is InChI=1S/C10H17F3N2O/c11-10(12,13)6-15-4-7-3-8(15)1-2-9(7,16)5-14/h7-8,16H,1-6,14H2. The molecule has 1 aliphatic carbocycles. The fraction of sp³-hybridized carbons (Fsp3) is 1.00. The predicted octanol–water partition coefficient (Wildman–Crippen LogP) is 0.723. The number of nitrogens with zero attached hydrogens (tertiary/aromatic N) is 1. The van der Waals surface area contributed by atoms with Crippen LogP contribution in [0.15, 0.2) is 0 Å². The van der Waals surface area contributed by atoms with Crippen LogP contribution in [-0.2, 0) is 0 Å². The predicted molar refractivity (Wildman–Crippen MR) is 52.8 cm³/mol. The molecule has 1 aliphatic heterocycles. The molecule has 3 N–H and O–H groups in total. The van der Waals surface area contributed by atoms with Crippen LogP contribution in [0, 0.1) is 5.92 Å². The molecule has 0 aromatic heterocycles. The van der Waals surface area contributed by atoms with Crippen LogP contribution in [0.4, 0.5) is 13.2 Å². The Bertz CT molecular complexity index is 271. The highest BCUT2D eigenvalue weighted by Gasteiger charge is 2.50. The summed E-state index contributed by atoms with van der Waals surface area (Å²) in [7, 11) is 0. The van der Waals surface area contributed by atoms with Crippen molar-refractivity contribution in [1.29, 1.82) is 0 Å². The van der Waals surface area contributed by atoms with E-state index in [4.69, 9.17) is 5.73 Å². The van der Waals surface area contributed by atoms with Crippen molar-refractivity contribution in [3.63, 3.8) is 0 Å². The van der Waals surface area contributed by atoms with Gasteiger partial charge in [0.2, 0.25) is 0 Å². The van der Waals surface area contributed by atoms with Crippen molar-refractivity contribution in [1.82, 2.24) is 4.90 Å². The summed E-state index contributed by atoms with van der Waals surface area (Å²) in [6, 6.07) is -0.0292. The van der Waals surface area contributed by atoms with E-state index in [0.717, 1.165) is 0 Å². The van der Waals surface area contributed by atoms with Crippen LogP contribution in [0.25, 0.3) is 0 Å². The highest BCUT2D eigenvalue weighted by molar-refractivity contribution is 5.02. The molecule has 0 amide bonds. The maximum absolute atomic E-state index is 12.3. The van der Waals surface area contributed by atoms with Gasteiger partial charge in [-0.05, 0) is 19.3 Å². The molecule has 6 heteroatoms. The Kier molecular flexibility index (Phi) is 2.92. The first-order chi connectivity index (χ1) is 7.34. The lowest BCUT2D eigenvalue weighted by atomic mass is 9.76. The van der Waals surface area contributed by atoms with Crippen molar-refractivity contribution in [3.05, 3.63) is 0 Å². The summed E-state index contributed by atoms with van der Waals surface area (Å²) in [5.41, 5.74) is 4.56. The molecule has 94 valence electrons. The zero-order valence-electron chi connectivity index (χ0n) is 9.00. The Morgan fingerprint density at radius 2 is 2.12 bits per heavy atom. The molecule has 1 saturated carbocycles. The van der Waals surface area contributed by atoms with E-state index in [0.29, 0.717) is 25.8 Å². The number of hydrogen-bond donors (Lipinski definition) is 2. The largest absolute Gasteiger partial charge is 0.401 e. The minimum Gasteiger partial charge on any atom is -0.388 e. The van der Waals surface area contributed by atoms with Gasteiger partial charge in [-0.3, -0.25) is 4.90 Å². The minimum absolute atomic E-state index is 0.0292. The van der Waals surface area contributed by atoms with Gasteiger partial charge in [-0.2, -0.15) is 13.2 Å². The molecule has 3 unspecified atom stereocenters. The van der Waals surface area contributed by atoms with E-state index in [1.54, 1.807) is 0 Å². The van der Waals surface area contributed by atoms with Gasteiger partial charge in [0.05, 0.1) is 12.1 Å². The van der Waals surface area contributed by atoms with Crippen LogP contribution < -0.4 is 5.73 Å². The summed E-state index contributed by atoms with van der Waals surface area (Å²) in [5.74, 6) is -0.0985. The fourth-order valence-electron chi connectivity index (χ4n) is 2.99. The molecule has 0 aromatic carbocycles. The van der Waals surface area contributed by atoms with E-state index < -0.39 is 18.3 Å². The van der Waals surface area contributed by atoms with Crippen LogP contribution in [-0.4, -0.2) is 47.5 Å². The van der Waals surface area contributed by atoms with Crippen molar-refractivity contribution in [2.45, 2.75) is 37.1 Å². The zero-order chi connectivity index (χ0) is 12.0. The number of nitrogens with two attached hydrogens (primary N) is 1. The molecule has 0 spiro atoms. The molecule has 1 heterocycles. The molecule has 2 aliphatic rings. The normalized spacial score (nSPS) is 40.3. The lowest BCUT2D eigenvalue weighted by Crippen LogP contribution is -2.47. The van der Waals surface area contributed by atoms with Crippen LogP contribution in [0.1, 0.15) is 19.3 Å². The van der Waals surface area contributed by atoms with Crippen molar-refractivity contribution in [2.75, 3.05) is 19.6 Å². The third-order valence-corrected chi connectivity index (χ3v) is 3.93. The summed E-state index contributed by atoms with van der Waals surface area (Å²) in [6.45, 7) is -0.406. The molecule has 1 saturated heterocycles.